The number of nitrogens with zero attached hydrogens (tertiary/aromatic N) is 2. The molecule has 1 amide bonds. The van der Waals surface area contributed by atoms with Gasteiger partial charge in [0.15, 0.2) is 0 Å². The summed E-state index contributed by atoms with van der Waals surface area (Å²) in [5.74, 6) is 0. The normalized spacial score (nSPS) is 16.9. The van der Waals surface area contributed by atoms with Gasteiger partial charge in [0.05, 0.1) is 0 Å². The number of carbonyl (C=O) groups is 1. The molecule has 0 fully saturated rings. The number of nitrogens with one attached hydrogen (secondary N) is 2. The van der Waals surface area contributed by atoms with Gasteiger partial charge in [-0.15, -0.1) is 21.5 Å². The quantitative estimate of drug-likeness (QED) is 0.196. The lowest BCUT2D eigenvalue weighted by Crippen LogP contribution is -2.43. The van der Waals surface area contributed by atoms with Crippen molar-refractivity contribution in [3.05, 3.63) is 57.1 Å². The van der Waals surface area contributed by atoms with Crippen LogP contribution in [0, 0.1) is 10.1 Å². The molecule has 1 atom stereocenters. The van der Waals surface area contributed by atoms with Crippen molar-refractivity contribution in [3.8, 4) is 0 Å². The third-order valence-corrected chi connectivity index (χ3v) is 10.8. The lowest BCUT2D eigenvalue weighted by Gasteiger charge is -2.32. The SMILES string of the molecule is CCN[C@H]1CN(CCCOC)S(=O)(=O)c2sc(S(=O)(=O)NC(=O)OCc3ccc(CO[N+](=O)[O-])cc3)cc21. The Bertz CT molecular complexity index is 1340. The summed E-state index contributed by atoms with van der Waals surface area (Å²) in [6.07, 6.45) is -0.770. The Labute approximate surface area is 224 Å². The molecule has 0 saturated heterocycles. The van der Waals surface area contributed by atoms with Gasteiger partial charge < -0.3 is 19.6 Å². The van der Waals surface area contributed by atoms with Crippen molar-refractivity contribution >= 4 is 37.5 Å². The van der Waals surface area contributed by atoms with Gasteiger partial charge in [0, 0.05) is 38.4 Å². The fraction of sp³-hybridized carbons (Fsp3) is 0.476. The number of carbonyl (C=O) groups excluding carboxylic acids is 1. The van der Waals surface area contributed by atoms with Gasteiger partial charge in [0.1, 0.15) is 21.6 Å². The van der Waals surface area contributed by atoms with Crippen LogP contribution in [-0.2, 0) is 47.6 Å². The summed E-state index contributed by atoms with van der Waals surface area (Å²) in [4.78, 5) is 26.8. The molecule has 1 aliphatic rings. The summed E-state index contributed by atoms with van der Waals surface area (Å²) >= 11 is 0.568. The van der Waals surface area contributed by atoms with E-state index in [4.69, 9.17) is 9.47 Å². The number of ether oxygens (including phenoxy) is 2. The maximum atomic E-state index is 13.2. The second kappa shape index (κ2) is 12.8. The molecule has 2 heterocycles. The first-order valence-corrected chi connectivity index (χ1v) is 15.1. The Kier molecular flexibility index (Phi) is 10.0. The van der Waals surface area contributed by atoms with Gasteiger partial charge in [-0.05, 0) is 30.2 Å². The molecule has 17 heteroatoms. The molecule has 0 unspecified atom stereocenters. The molecule has 3 rings (SSSR count). The fourth-order valence-electron chi connectivity index (χ4n) is 3.67. The van der Waals surface area contributed by atoms with E-state index in [1.54, 1.807) is 4.72 Å². The first-order valence-electron chi connectivity index (χ1n) is 11.4. The topological polar surface area (TPSA) is 183 Å². The molecule has 2 aromatic rings. The predicted octanol–water partition coefficient (Wildman–Crippen LogP) is 1.76. The molecule has 210 valence electrons. The van der Waals surface area contributed by atoms with E-state index in [0.717, 1.165) is 0 Å². The van der Waals surface area contributed by atoms with Crippen molar-refractivity contribution in [1.82, 2.24) is 14.3 Å². The molecule has 1 aliphatic heterocycles. The molecule has 1 aromatic heterocycles. The molecule has 0 radical (unpaired) electrons. The van der Waals surface area contributed by atoms with Gasteiger partial charge in [-0.2, -0.15) is 4.31 Å². The number of hydrogen-bond acceptors (Lipinski definition) is 12. The van der Waals surface area contributed by atoms with Gasteiger partial charge in [-0.25, -0.2) is 26.4 Å². The van der Waals surface area contributed by atoms with Crippen LogP contribution >= 0.6 is 11.3 Å². The molecule has 0 saturated carbocycles. The van der Waals surface area contributed by atoms with Crippen LogP contribution < -0.4 is 10.0 Å². The van der Waals surface area contributed by atoms with Gasteiger partial charge >= 0.3 is 6.09 Å². The van der Waals surface area contributed by atoms with Crippen LogP contribution in [-0.4, -0.2) is 65.7 Å². The number of thiophene rings is 1. The number of benzene rings is 1. The number of fused-ring (bicyclic) bond motifs is 1. The largest absolute Gasteiger partial charge is 0.444 e. The highest BCUT2D eigenvalue weighted by molar-refractivity contribution is 7.94. The average Bonchev–Trinajstić information content (AvgIpc) is 3.33. The predicted molar refractivity (Wildman–Crippen MR) is 135 cm³/mol. The summed E-state index contributed by atoms with van der Waals surface area (Å²) < 4.78 is 64.8. The van der Waals surface area contributed by atoms with Crippen LogP contribution in [0.2, 0.25) is 0 Å². The van der Waals surface area contributed by atoms with Gasteiger partial charge in [-0.1, -0.05) is 31.2 Å². The number of rotatable bonds is 13. The van der Waals surface area contributed by atoms with E-state index in [1.165, 1.54) is 41.7 Å². The standard InChI is InChI=1S/C21H28N4O10S3/c1-3-22-18-12-24(9-4-10-33-2)38(31,32)20-17(18)11-19(36-20)37(29,30)23-21(26)34-13-15-5-7-16(8-6-15)14-35-25(27)28/h5-8,11,18,22H,3-4,9-10,12-14H2,1-2H3,(H,23,26)/t18-/m0/s1. The van der Waals surface area contributed by atoms with Crippen molar-refractivity contribution in [2.75, 3.05) is 33.4 Å². The number of likely N-dealkylation sites (N-methyl/N-ethyl adjacent to an activating group) is 1. The second-order valence-electron chi connectivity index (χ2n) is 8.12. The summed E-state index contributed by atoms with van der Waals surface area (Å²) in [5, 5.41) is 12.5. The third kappa shape index (κ3) is 7.39. The van der Waals surface area contributed by atoms with Crippen molar-refractivity contribution in [3.63, 3.8) is 0 Å². The van der Waals surface area contributed by atoms with Crippen LogP contribution in [0.1, 0.15) is 36.1 Å². The molecular weight excluding hydrogens is 564 g/mol. The summed E-state index contributed by atoms with van der Waals surface area (Å²) in [6, 6.07) is 6.99. The van der Waals surface area contributed by atoms with Crippen molar-refractivity contribution in [1.29, 1.82) is 0 Å². The van der Waals surface area contributed by atoms with Crippen LogP contribution in [0.4, 0.5) is 4.79 Å². The Balaban J connectivity index is 1.70. The zero-order valence-electron chi connectivity index (χ0n) is 20.6. The minimum atomic E-state index is -4.42. The van der Waals surface area contributed by atoms with E-state index in [-0.39, 0.29) is 34.7 Å². The van der Waals surface area contributed by atoms with Crippen molar-refractivity contribution in [2.45, 2.75) is 41.0 Å². The van der Waals surface area contributed by atoms with E-state index in [0.29, 0.717) is 47.6 Å². The molecule has 14 nitrogen and oxygen atoms in total. The first-order chi connectivity index (χ1) is 18.0. The smallest absolute Gasteiger partial charge is 0.421 e. The van der Waals surface area contributed by atoms with E-state index < -0.39 is 37.3 Å². The third-order valence-electron chi connectivity index (χ3n) is 5.46. The lowest BCUT2D eigenvalue weighted by atomic mass is 10.1. The maximum absolute atomic E-state index is 13.2. The monoisotopic (exact) mass is 592 g/mol. The fourth-order valence-corrected chi connectivity index (χ4v) is 8.45. The summed E-state index contributed by atoms with van der Waals surface area (Å²) in [7, 11) is -6.84. The number of amides is 1. The first kappa shape index (κ1) is 29.7. The number of methoxy groups -OCH3 is 1. The summed E-state index contributed by atoms with van der Waals surface area (Å²) in [6.45, 7) is 2.59. The van der Waals surface area contributed by atoms with Gasteiger partial charge in [0.2, 0.25) is 0 Å². The maximum Gasteiger partial charge on any atom is 0.421 e. The highest BCUT2D eigenvalue weighted by Gasteiger charge is 2.40. The number of hydrogen-bond donors (Lipinski definition) is 2. The van der Waals surface area contributed by atoms with E-state index in [1.807, 2.05) is 6.92 Å². The summed E-state index contributed by atoms with van der Waals surface area (Å²) in [5.41, 5.74) is 1.35. The zero-order valence-corrected chi connectivity index (χ0v) is 23.1. The lowest BCUT2D eigenvalue weighted by molar-refractivity contribution is -0.763. The van der Waals surface area contributed by atoms with Crippen LogP contribution in [0.5, 0.6) is 0 Å². The van der Waals surface area contributed by atoms with E-state index in [9.17, 15) is 31.7 Å². The van der Waals surface area contributed by atoms with E-state index in [2.05, 4.69) is 10.2 Å². The molecule has 1 aromatic carbocycles. The second-order valence-corrected chi connectivity index (χ2v) is 13.2. The van der Waals surface area contributed by atoms with Crippen LogP contribution in [0.3, 0.4) is 0 Å². The van der Waals surface area contributed by atoms with Crippen molar-refractivity contribution < 1.29 is 41.0 Å². The number of sulfonamides is 2. The van der Waals surface area contributed by atoms with Crippen LogP contribution in [0.15, 0.2) is 38.8 Å². The molecule has 0 aliphatic carbocycles. The van der Waals surface area contributed by atoms with Crippen molar-refractivity contribution in [2.24, 2.45) is 0 Å². The highest BCUT2D eigenvalue weighted by atomic mass is 32.3. The molecule has 38 heavy (non-hydrogen) atoms. The Morgan fingerprint density at radius 1 is 1.24 bits per heavy atom. The molecule has 2 N–H and O–H groups in total. The Hall–Kier alpha value is -2.83. The molecule has 0 spiro atoms. The Morgan fingerprint density at radius 3 is 2.50 bits per heavy atom. The highest BCUT2D eigenvalue weighted by Crippen LogP contribution is 2.40. The minimum absolute atomic E-state index is 0.0954. The van der Waals surface area contributed by atoms with Gasteiger partial charge in [-0.3, -0.25) is 0 Å². The van der Waals surface area contributed by atoms with Crippen LogP contribution in [0.25, 0.3) is 0 Å². The zero-order chi connectivity index (χ0) is 27.9. The Morgan fingerprint density at radius 2 is 1.89 bits per heavy atom. The minimum Gasteiger partial charge on any atom is -0.444 e. The van der Waals surface area contributed by atoms with E-state index >= 15 is 0 Å². The molecule has 0 bridgehead atoms. The average molecular weight is 593 g/mol. The molecular formula is C21H28N4O10S3. The van der Waals surface area contributed by atoms with Gasteiger partial charge in [0.25, 0.3) is 25.1 Å².